The van der Waals surface area contributed by atoms with Crippen LogP contribution in [0.25, 0.3) is 11.1 Å². The number of terminal acetylenes is 1. The molecule has 116 valence electrons. The van der Waals surface area contributed by atoms with Crippen LogP contribution in [0.3, 0.4) is 0 Å². The van der Waals surface area contributed by atoms with Gasteiger partial charge < -0.3 is 20.9 Å². The van der Waals surface area contributed by atoms with Gasteiger partial charge in [-0.05, 0) is 18.2 Å². The molecule has 1 aromatic heterocycles. The first-order valence-corrected chi connectivity index (χ1v) is 6.06. The van der Waals surface area contributed by atoms with E-state index in [1.54, 1.807) is 0 Å². The maximum Gasteiger partial charge on any atom is 0.342 e. The highest BCUT2D eigenvalue weighted by molar-refractivity contribution is 6.07. The predicted molar refractivity (Wildman–Crippen MR) is 78.7 cm³/mol. The van der Waals surface area contributed by atoms with Gasteiger partial charge in [-0.3, -0.25) is 4.79 Å². The molecule has 7 nitrogen and oxygen atoms in total. The van der Waals surface area contributed by atoms with Crippen LogP contribution in [-0.2, 0) is 0 Å². The lowest BCUT2D eigenvalue weighted by molar-refractivity contribution is 0.0695. The van der Waals surface area contributed by atoms with E-state index >= 15 is 0 Å². The van der Waals surface area contributed by atoms with Crippen LogP contribution >= 0.6 is 0 Å². The SMILES string of the molecule is C#Cc1ccc(F)c(-c2c(C(=O)O)c(N)[nH]c(=O)c2C(=O)O)c1. The topological polar surface area (TPSA) is 133 Å². The highest BCUT2D eigenvalue weighted by atomic mass is 19.1. The van der Waals surface area contributed by atoms with E-state index in [1.807, 2.05) is 4.98 Å². The Morgan fingerprint density at radius 1 is 1.22 bits per heavy atom. The molecule has 23 heavy (non-hydrogen) atoms. The zero-order valence-electron chi connectivity index (χ0n) is 11.4. The van der Waals surface area contributed by atoms with Crippen molar-refractivity contribution in [3.63, 3.8) is 0 Å². The van der Waals surface area contributed by atoms with Gasteiger partial charge in [-0.2, -0.15) is 0 Å². The lowest BCUT2D eigenvalue weighted by Gasteiger charge is -2.13. The van der Waals surface area contributed by atoms with Gasteiger partial charge in [0.25, 0.3) is 5.56 Å². The second-order valence-electron chi connectivity index (χ2n) is 4.44. The Bertz CT molecular complexity index is 940. The lowest BCUT2D eigenvalue weighted by Crippen LogP contribution is -2.24. The number of rotatable bonds is 3. The number of carbonyl (C=O) groups is 2. The molecule has 1 heterocycles. The van der Waals surface area contributed by atoms with Crippen LogP contribution in [-0.4, -0.2) is 27.1 Å². The van der Waals surface area contributed by atoms with Crippen molar-refractivity contribution in [2.45, 2.75) is 0 Å². The number of hydrogen-bond donors (Lipinski definition) is 4. The predicted octanol–water partition coefficient (Wildman–Crippen LogP) is 1.14. The zero-order valence-corrected chi connectivity index (χ0v) is 11.4. The van der Waals surface area contributed by atoms with E-state index in [2.05, 4.69) is 5.92 Å². The summed E-state index contributed by atoms with van der Waals surface area (Å²) in [6.45, 7) is 0. The number of anilines is 1. The molecule has 0 saturated carbocycles. The molecule has 5 N–H and O–H groups in total. The molecule has 2 rings (SSSR count). The molecule has 0 spiro atoms. The number of nitrogens with one attached hydrogen (secondary N) is 1. The second-order valence-corrected chi connectivity index (χ2v) is 4.44. The maximum absolute atomic E-state index is 14.1. The fourth-order valence-corrected chi connectivity index (χ4v) is 2.12. The molecule has 0 saturated heterocycles. The number of H-pyrrole nitrogens is 1. The Morgan fingerprint density at radius 3 is 2.35 bits per heavy atom. The molecule has 0 bridgehead atoms. The molecular formula is C15H9FN2O5. The number of aromatic carboxylic acids is 2. The molecule has 0 aliphatic heterocycles. The van der Waals surface area contributed by atoms with Crippen molar-refractivity contribution in [3.05, 3.63) is 51.1 Å². The van der Waals surface area contributed by atoms with Gasteiger partial charge >= 0.3 is 11.9 Å². The summed E-state index contributed by atoms with van der Waals surface area (Å²) in [5, 5.41) is 18.5. The van der Waals surface area contributed by atoms with E-state index in [0.717, 1.165) is 12.1 Å². The number of pyridine rings is 1. The Hall–Kier alpha value is -3.60. The van der Waals surface area contributed by atoms with E-state index in [4.69, 9.17) is 12.2 Å². The second kappa shape index (κ2) is 5.65. The molecular weight excluding hydrogens is 307 g/mol. The first kappa shape index (κ1) is 15.8. The standard InChI is InChI=1S/C15H9FN2O5/c1-2-6-3-4-8(16)7(5-6)9-10(14(20)21)12(17)18-13(19)11(9)15(22)23/h1,3-5H,(H,20,21)(H,22,23)(H3,17,18,19). The molecule has 0 aliphatic carbocycles. The monoisotopic (exact) mass is 316 g/mol. The van der Waals surface area contributed by atoms with Gasteiger partial charge in [-0.25, -0.2) is 14.0 Å². The third kappa shape index (κ3) is 2.63. The summed E-state index contributed by atoms with van der Waals surface area (Å²) < 4.78 is 14.1. The van der Waals surface area contributed by atoms with Crippen LogP contribution in [0.1, 0.15) is 26.3 Å². The molecule has 2 aromatic rings. The Kier molecular flexibility index (Phi) is 3.88. The van der Waals surface area contributed by atoms with E-state index in [9.17, 15) is 29.0 Å². The Morgan fingerprint density at radius 2 is 1.83 bits per heavy atom. The number of carboxylic acid groups (broad SMARTS) is 2. The van der Waals surface area contributed by atoms with Crippen molar-refractivity contribution in [2.24, 2.45) is 0 Å². The number of benzene rings is 1. The summed E-state index contributed by atoms with van der Waals surface area (Å²) in [5.41, 5.74) is 1.74. The number of aromatic nitrogens is 1. The molecule has 1 aromatic carbocycles. The first-order chi connectivity index (χ1) is 10.8. The van der Waals surface area contributed by atoms with E-state index in [1.165, 1.54) is 6.07 Å². The summed E-state index contributed by atoms with van der Waals surface area (Å²) in [5.74, 6) is -2.67. The average Bonchev–Trinajstić information content (AvgIpc) is 2.46. The van der Waals surface area contributed by atoms with Crippen molar-refractivity contribution in [1.82, 2.24) is 4.98 Å². The zero-order chi connectivity index (χ0) is 17.3. The van der Waals surface area contributed by atoms with Crippen molar-refractivity contribution >= 4 is 17.8 Å². The molecule has 0 fully saturated rings. The van der Waals surface area contributed by atoms with Crippen LogP contribution in [0.15, 0.2) is 23.0 Å². The number of carboxylic acids is 2. The smallest absolute Gasteiger partial charge is 0.342 e. The number of halogens is 1. The van der Waals surface area contributed by atoms with Crippen molar-refractivity contribution in [1.29, 1.82) is 0 Å². The maximum atomic E-state index is 14.1. The van der Waals surface area contributed by atoms with Crippen molar-refractivity contribution < 1.29 is 24.2 Å². The Labute approximate surface area is 128 Å². The number of nitrogens with two attached hydrogens (primary N) is 1. The highest BCUT2D eigenvalue weighted by Crippen LogP contribution is 2.31. The van der Waals surface area contributed by atoms with E-state index in [-0.39, 0.29) is 5.56 Å². The lowest BCUT2D eigenvalue weighted by atomic mass is 9.94. The van der Waals surface area contributed by atoms with Crippen LogP contribution in [0.4, 0.5) is 10.2 Å². The molecule has 0 radical (unpaired) electrons. The minimum absolute atomic E-state index is 0.174. The molecule has 8 heteroatoms. The fraction of sp³-hybridized carbons (Fsp3) is 0. The van der Waals surface area contributed by atoms with Crippen molar-refractivity contribution in [2.75, 3.05) is 5.73 Å². The minimum atomic E-state index is -1.73. The first-order valence-electron chi connectivity index (χ1n) is 6.06. The van der Waals surface area contributed by atoms with Gasteiger partial charge in [0, 0.05) is 16.7 Å². The third-order valence-corrected chi connectivity index (χ3v) is 3.07. The van der Waals surface area contributed by atoms with Gasteiger partial charge in [-0.15, -0.1) is 6.42 Å². The van der Waals surface area contributed by atoms with Gasteiger partial charge in [-0.1, -0.05) is 5.92 Å². The quantitative estimate of drug-likeness (QED) is 0.627. The average molecular weight is 316 g/mol. The third-order valence-electron chi connectivity index (χ3n) is 3.07. The summed E-state index contributed by atoms with van der Waals surface area (Å²) >= 11 is 0. The van der Waals surface area contributed by atoms with Crippen LogP contribution in [0, 0.1) is 18.2 Å². The number of hydrogen-bond acceptors (Lipinski definition) is 4. The van der Waals surface area contributed by atoms with Gasteiger partial charge in [0.1, 0.15) is 22.8 Å². The molecule has 0 atom stereocenters. The minimum Gasteiger partial charge on any atom is -0.478 e. The largest absolute Gasteiger partial charge is 0.478 e. The molecule has 0 amide bonds. The van der Waals surface area contributed by atoms with Gasteiger partial charge in [0.15, 0.2) is 0 Å². The fourth-order valence-electron chi connectivity index (χ4n) is 2.12. The molecule has 0 aliphatic rings. The summed E-state index contributed by atoms with van der Waals surface area (Å²) in [4.78, 5) is 36.5. The Balaban J connectivity index is 3.07. The van der Waals surface area contributed by atoms with Crippen molar-refractivity contribution in [3.8, 4) is 23.5 Å². The van der Waals surface area contributed by atoms with E-state index in [0.29, 0.717) is 0 Å². The summed E-state index contributed by atoms with van der Waals surface area (Å²) in [6, 6.07) is 3.26. The van der Waals surface area contributed by atoms with Crippen LogP contribution in [0.5, 0.6) is 0 Å². The van der Waals surface area contributed by atoms with Crippen LogP contribution in [0.2, 0.25) is 0 Å². The van der Waals surface area contributed by atoms with Gasteiger partial charge in [0.05, 0.1) is 0 Å². The number of aromatic amines is 1. The van der Waals surface area contributed by atoms with Crippen LogP contribution < -0.4 is 11.3 Å². The molecule has 0 unspecified atom stereocenters. The summed E-state index contributed by atoms with van der Waals surface area (Å²) in [7, 11) is 0. The van der Waals surface area contributed by atoms with E-state index < -0.39 is 51.4 Å². The highest BCUT2D eigenvalue weighted by Gasteiger charge is 2.28. The summed E-state index contributed by atoms with van der Waals surface area (Å²) in [6.07, 6.45) is 5.20. The van der Waals surface area contributed by atoms with Gasteiger partial charge in [0.2, 0.25) is 0 Å². The normalized spacial score (nSPS) is 10.1. The number of nitrogen functional groups attached to an aromatic ring is 1.